The van der Waals surface area contributed by atoms with E-state index < -0.39 is 0 Å². The lowest BCUT2D eigenvalue weighted by Crippen LogP contribution is -1.91. The fourth-order valence-electron chi connectivity index (χ4n) is 0.791. The minimum Gasteiger partial charge on any atom is -0.127 e. The Labute approximate surface area is 85.9 Å². The number of rotatable bonds is 5. The first kappa shape index (κ1) is 13.6. The van der Waals surface area contributed by atoms with Crippen LogP contribution in [0.25, 0.3) is 0 Å². The smallest absolute Gasteiger partial charge is 0.127 e. The van der Waals surface area contributed by atoms with Crippen LogP contribution in [-0.2, 0) is 0 Å². The molecule has 0 aromatic carbocycles. The molecule has 0 saturated carbocycles. The van der Waals surface area contributed by atoms with Gasteiger partial charge in [0.2, 0.25) is 0 Å². The van der Waals surface area contributed by atoms with E-state index in [0.717, 1.165) is 11.8 Å². The first-order valence-corrected chi connectivity index (χ1v) is 4.40. The lowest BCUT2D eigenvalue weighted by atomic mass is 10.0. The molecule has 0 amide bonds. The highest BCUT2D eigenvalue weighted by Gasteiger charge is 1.96. The SMILES string of the molecule is CCC(C)CCCCCl.[MgH2]. The third-order valence-electron chi connectivity index (χ3n) is 1.78. The number of hydrogen-bond donors (Lipinski definition) is 0. The number of hydrogen-bond acceptors (Lipinski definition) is 0. The Hall–Kier alpha value is 1.06. The molecule has 1 unspecified atom stereocenters. The summed E-state index contributed by atoms with van der Waals surface area (Å²) in [5, 5.41) is 0. The van der Waals surface area contributed by atoms with Gasteiger partial charge in [-0.2, -0.15) is 0 Å². The van der Waals surface area contributed by atoms with Gasteiger partial charge in [0, 0.05) is 5.88 Å². The Morgan fingerprint density at radius 3 is 2.30 bits per heavy atom. The zero-order valence-corrected chi connectivity index (χ0v) is 7.25. The number of alkyl halides is 1. The Bertz CT molecular complexity index is 57.2. The molecule has 0 heterocycles. The zero-order chi connectivity index (χ0) is 7.11. The quantitative estimate of drug-likeness (QED) is 0.342. The maximum atomic E-state index is 5.53. The highest BCUT2D eigenvalue weighted by molar-refractivity contribution is 6.17. The van der Waals surface area contributed by atoms with Crippen molar-refractivity contribution in [3.8, 4) is 0 Å². The summed E-state index contributed by atoms with van der Waals surface area (Å²) in [7, 11) is 0. The van der Waals surface area contributed by atoms with Crippen molar-refractivity contribution >= 4 is 34.7 Å². The van der Waals surface area contributed by atoms with Gasteiger partial charge in [0.15, 0.2) is 0 Å². The van der Waals surface area contributed by atoms with Crippen LogP contribution in [0.3, 0.4) is 0 Å². The molecule has 0 aliphatic carbocycles. The topological polar surface area (TPSA) is 0 Å². The van der Waals surface area contributed by atoms with E-state index in [9.17, 15) is 0 Å². The fourth-order valence-corrected chi connectivity index (χ4v) is 0.980. The van der Waals surface area contributed by atoms with Gasteiger partial charge in [0.25, 0.3) is 0 Å². The van der Waals surface area contributed by atoms with Gasteiger partial charge in [-0.3, -0.25) is 0 Å². The Kier molecular flexibility index (Phi) is 13.7. The van der Waals surface area contributed by atoms with Crippen LogP contribution in [-0.4, -0.2) is 28.9 Å². The van der Waals surface area contributed by atoms with E-state index in [4.69, 9.17) is 11.6 Å². The first-order chi connectivity index (χ1) is 4.31. The van der Waals surface area contributed by atoms with Crippen LogP contribution in [0.5, 0.6) is 0 Å². The van der Waals surface area contributed by atoms with Crippen LogP contribution in [0.15, 0.2) is 0 Å². The molecule has 0 fully saturated rings. The largest absolute Gasteiger partial charge is 0.316 e. The van der Waals surface area contributed by atoms with Gasteiger partial charge < -0.3 is 0 Å². The summed E-state index contributed by atoms with van der Waals surface area (Å²) >= 11 is 5.53. The summed E-state index contributed by atoms with van der Waals surface area (Å²) in [6.45, 7) is 4.54. The molecule has 2 heteroatoms. The Morgan fingerprint density at radius 2 is 1.90 bits per heavy atom. The van der Waals surface area contributed by atoms with Crippen molar-refractivity contribution in [2.45, 2.75) is 39.5 Å². The van der Waals surface area contributed by atoms with Gasteiger partial charge in [-0.25, -0.2) is 0 Å². The molecule has 0 rings (SSSR count). The molecule has 10 heavy (non-hydrogen) atoms. The van der Waals surface area contributed by atoms with Gasteiger partial charge in [0.1, 0.15) is 0 Å². The predicted molar refractivity (Wildman–Crippen MR) is 52.6 cm³/mol. The van der Waals surface area contributed by atoms with E-state index in [1.165, 1.54) is 25.7 Å². The number of halogens is 1. The van der Waals surface area contributed by atoms with Crippen molar-refractivity contribution in [1.29, 1.82) is 0 Å². The molecule has 0 saturated heterocycles. The van der Waals surface area contributed by atoms with E-state index in [2.05, 4.69) is 13.8 Å². The predicted octanol–water partition coefficient (Wildman–Crippen LogP) is 2.53. The van der Waals surface area contributed by atoms with Gasteiger partial charge in [-0.1, -0.05) is 33.1 Å². The molecular formula is C8H19ClMg. The maximum absolute atomic E-state index is 5.53. The van der Waals surface area contributed by atoms with Crippen LogP contribution in [0.2, 0.25) is 0 Å². The standard InChI is InChI=1S/C8H17Cl.Mg.2H/c1-3-8(2)6-4-5-7-9;;;/h8H,3-7H2,1-2H3;;;. The zero-order valence-electron chi connectivity index (χ0n) is 6.49. The molecule has 0 bridgehead atoms. The maximum Gasteiger partial charge on any atom is 0.316 e. The molecule has 60 valence electrons. The monoisotopic (exact) mass is 174 g/mol. The summed E-state index contributed by atoms with van der Waals surface area (Å²) in [5.74, 6) is 1.73. The molecule has 0 N–H and O–H groups in total. The van der Waals surface area contributed by atoms with Crippen LogP contribution in [0, 0.1) is 5.92 Å². The van der Waals surface area contributed by atoms with Crippen molar-refractivity contribution in [2.24, 2.45) is 5.92 Å². The number of unbranched alkanes of at least 4 members (excludes halogenated alkanes) is 1. The van der Waals surface area contributed by atoms with Gasteiger partial charge in [0.05, 0.1) is 0 Å². The van der Waals surface area contributed by atoms with Crippen molar-refractivity contribution < 1.29 is 0 Å². The third kappa shape index (κ3) is 9.06. The molecule has 0 aliphatic rings. The van der Waals surface area contributed by atoms with Gasteiger partial charge in [-0.05, 0) is 12.3 Å². The second kappa shape index (κ2) is 10.1. The van der Waals surface area contributed by atoms with E-state index in [0.29, 0.717) is 0 Å². The molecule has 0 aromatic rings. The van der Waals surface area contributed by atoms with Crippen LogP contribution < -0.4 is 0 Å². The van der Waals surface area contributed by atoms with Crippen molar-refractivity contribution in [1.82, 2.24) is 0 Å². The van der Waals surface area contributed by atoms with Crippen molar-refractivity contribution in [3.63, 3.8) is 0 Å². The van der Waals surface area contributed by atoms with Crippen LogP contribution in [0.4, 0.5) is 0 Å². The molecule has 0 aliphatic heterocycles. The second-order valence-corrected chi connectivity index (χ2v) is 3.08. The van der Waals surface area contributed by atoms with Crippen molar-refractivity contribution in [2.75, 3.05) is 5.88 Å². The van der Waals surface area contributed by atoms with Crippen LogP contribution >= 0.6 is 11.6 Å². The molecule has 0 nitrogen and oxygen atoms in total. The third-order valence-corrected chi connectivity index (χ3v) is 2.04. The highest BCUT2D eigenvalue weighted by atomic mass is 35.5. The minimum absolute atomic E-state index is 0. The average molecular weight is 175 g/mol. The summed E-state index contributed by atoms with van der Waals surface area (Å²) in [4.78, 5) is 0. The summed E-state index contributed by atoms with van der Waals surface area (Å²) in [5.41, 5.74) is 0. The van der Waals surface area contributed by atoms with E-state index in [1.807, 2.05) is 0 Å². The summed E-state index contributed by atoms with van der Waals surface area (Å²) < 4.78 is 0. The van der Waals surface area contributed by atoms with E-state index >= 15 is 0 Å². The van der Waals surface area contributed by atoms with Gasteiger partial charge >= 0.3 is 23.1 Å². The molecule has 0 aromatic heterocycles. The van der Waals surface area contributed by atoms with Gasteiger partial charge in [-0.15, -0.1) is 11.6 Å². The van der Waals surface area contributed by atoms with E-state index in [1.54, 1.807) is 0 Å². The average Bonchev–Trinajstić information content (AvgIpc) is 1.89. The first-order valence-electron chi connectivity index (χ1n) is 3.87. The minimum atomic E-state index is 0. The van der Waals surface area contributed by atoms with E-state index in [-0.39, 0.29) is 23.1 Å². The highest BCUT2D eigenvalue weighted by Crippen LogP contribution is 2.10. The van der Waals surface area contributed by atoms with Crippen LogP contribution in [0.1, 0.15) is 39.5 Å². The Balaban J connectivity index is 0. The molecule has 0 radical (unpaired) electrons. The fraction of sp³-hybridized carbons (Fsp3) is 1.00. The Morgan fingerprint density at radius 1 is 1.30 bits per heavy atom. The summed E-state index contributed by atoms with van der Waals surface area (Å²) in [6.07, 6.45) is 5.15. The van der Waals surface area contributed by atoms with Crippen molar-refractivity contribution in [3.05, 3.63) is 0 Å². The second-order valence-electron chi connectivity index (χ2n) is 2.70. The lowest BCUT2D eigenvalue weighted by Gasteiger charge is -2.05. The molecular weight excluding hydrogens is 156 g/mol. The lowest BCUT2D eigenvalue weighted by molar-refractivity contribution is 0.492. The molecule has 1 atom stereocenters. The summed E-state index contributed by atoms with van der Waals surface area (Å²) in [6, 6.07) is 0. The molecule has 0 spiro atoms. The normalized spacial score (nSPS) is 12.3.